The lowest BCUT2D eigenvalue weighted by atomic mass is 9.88. The fraction of sp³-hybridized carbons (Fsp3) is 0.222. The highest BCUT2D eigenvalue weighted by Crippen LogP contribution is 2.48. The van der Waals surface area contributed by atoms with Crippen molar-refractivity contribution in [3.05, 3.63) is 105 Å². The van der Waals surface area contributed by atoms with Crippen molar-refractivity contribution in [2.75, 3.05) is 6.67 Å². The fourth-order valence-electron chi connectivity index (χ4n) is 5.83. The van der Waals surface area contributed by atoms with Crippen LogP contribution in [0.1, 0.15) is 24.0 Å². The minimum Gasteiger partial charge on any atom is -1.00 e. The van der Waals surface area contributed by atoms with E-state index in [9.17, 15) is 0 Å². The molecule has 2 aromatic carbocycles. The van der Waals surface area contributed by atoms with Gasteiger partial charge in [-0.25, -0.2) is 9.89 Å². The Labute approximate surface area is 212 Å². The number of nitrogens with zero attached hydrogens (tertiary/aromatic N) is 2. The van der Waals surface area contributed by atoms with Gasteiger partial charge in [0.05, 0.1) is 22.7 Å². The zero-order chi connectivity index (χ0) is 21.2. The molecular formula is C27H23Br2N3O. The Morgan fingerprint density at radius 3 is 2.85 bits per heavy atom. The molecular weight excluding hydrogens is 542 g/mol. The van der Waals surface area contributed by atoms with Crippen molar-refractivity contribution >= 4 is 33.5 Å². The predicted octanol–water partition coefficient (Wildman–Crippen LogP) is 1.51. The number of fused-ring (bicyclic) bond motifs is 5. The molecule has 3 aliphatic heterocycles. The monoisotopic (exact) mass is 563 g/mol. The molecule has 3 atom stereocenters. The van der Waals surface area contributed by atoms with E-state index in [1.807, 2.05) is 0 Å². The van der Waals surface area contributed by atoms with E-state index < -0.39 is 0 Å². The minimum absolute atomic E-state index is 0. The molecule has 0 fully saturated rings. The number of ether oxygens (including phenoxy) is 1. The maximum absolute atomic E-state index is 6.34. The Bertz CT molecular complexity index is 1290. The van der Waals surface area contributed by atoms with Crippen LogP contribution in [0.5, 0.6) is 0 Å². The summed E-state index contributed by atoms with van der Waals surface area (Å²) in [5.41, 5.74) is 10.8. The molecule has 166 valence electrons. The number of halogens is 2. The molecule has 3 unspecified atom stereocenters. The summed E-state index contributed by atoms with van der Waals surface area (Å²) in [5.74, 6) is 0. The van der Waals surface area contributed by atoms with Crippen molar-refractivity contribution in [1.29, 1.82) is 0 Å². The average molecular weight is 565 g/mol. The smallest absolute Gasteiger partial charge is 0.195 e. The summed E-state index contributed by atoms with van der Waals surface area (Å²) >= 11 is 3.80. The molecule has 6 heteroatoms. The molecule has 0 saturated carbocycles. The second-order valence-electron chi connectivity index (χ2n) is 8.94. The number of allylic oxidation sites excluding steroid dienone is 3. The Morgan fingerprint density at radius 1 is 1.09 bits per heavy atom. The van der Waals surface area contributed by atoms with Crippen molar-refractivity contribution in [3.8, 4) is 0 Å². The highest BCUT2D eigenvalue weighted by atomic mass is 79.9. The highest BCUT2D eigenvalue weighted by Gasteiger charge is 2.50. The molecule has 33 heavy (non-hydrogen) atoms. The van der Waals surface area contributed by atoms with E-state index in [2.05, 4.69) is 93.9 Å². The van der Waals surface area contributed by atoms with Crippen molar-refractivity contribution in [2.24, 2.45) is 4.99 Å². The number of nitrogens with one attached hydrogen (secondary N) is 1. The lowest BCUT2D eigenvalue weighted by Gasteiger charge is -2.30. The third-order valence-corrected chi connectivity index (χ3v) is 7.88. The second-order valence-corrected chi connectivity index (χ2v) is 9.80. The molecule has 2 aliphatic carbocycles. The quantitative estimate of drug-likeness (QED) is 0.612. The topological polar surface area (TPSA) is 29.3 Å². The molecule has 5 aliphatic rings. The lowest BCUT2D eigenvalue weighted by Crippen LogP contribution is -3.04. The fourth-order valence-corrected chi connectivity index (χ4v) is 6.41. The van der Waals surface area contributed by atoms with E-state index in [4.69, 9.17) is 9.73 Å². The summed E-state index contributed by atoms with van der Waals surface area (Å²) in [6, 6.07) is 17.2. The first-order valence-electron chi connectivity index (χ1n) is 11.2. The minimum atomic E-state index is 0. The first-order chi connectivity index (χ1) is 15.8. The summed E-state index contributed by atoms with van der Waals surface area (Å²) in [5, 5.41) is 0. The van der Waals surface area contributed by atoms with Crippen LogP contribution >= 0.6 is 15.9 Å². The van der Waals surface area contributed by atoms with Crippen LogP contribution in [-0.2, 0) is 11.3 Å². The largest absolute Gasteiger partial charge is 1.00 e. The first-order valence-corrected chi connectivity index (χ1v) is 12.0. The number of aliphatic imine (C=N–C) groups is 1. The van der Waals surface area contributed by atoms with Gasteiger partial charge in [-0.1, -0.05) is 48.6 Å². The highest BCUT2D eigenvalue weighted by molar-refractivity contribution is 9.10. The first kappa shape index (κ1) is 21.3. The Kier molecular flexibility index (Phi) is 5.29. The Balaban J connectivity index is 0.00000206. The second kappa shape index (κ2) is 8.20. The molecule has 0 radical (unpaired) electrons. The third kappa shape index (κ3) is 3.19. The van der Waals surface area contributed by atoms with E-state index in [0.717, 1.165) is 17.3 Å². The van der Waals surface area contributed by atoms with Gasteiger partial charge in [-0.3, -0.25) is 0 Å². The molecule has 1 N–H and O–H groups in total. The number of hydrogen-bond acceptors (Lipinski definition) is 3. The zero-order valence-electron chi connectivity index (χ0n) is 18.0. The van der Waals surface area contributed by atoms with Gasteiger partial charge in [-0.05, 0) is 57.3 Å². The van der Waals surface area contributed by atoms with Gasteiger partial charge in [0.1, 0.15) is 12.7 Å². The molecule has 0 saturated heterocycles. The molecule has 0 amide bonds. The normalized spacial score (nSPS) is 25.9. The number of benzene rings is 2. The van der Waals surface area contributed by atoms with E-state index in [-0.39, 0.29) is 29.1 Å². The van der Waals surface area contributed by atoms with Crippen LogP contribution in [-0.4, -0.2) is 30.1 Å². The van der Waals surface area contributed by atoms with Gasteiger partial charge in [0, 0.05) is 17.7 Å². The van der Waals surface area contributed by atoms with Gasteiger partial charge >= 0.3 is 0 Å². The molecule has 0 spiro atoms. The molecule has 0 aromatic heterocycles. The van der Waals surface area contributed by atoms with Crippen molar-refractivity contribution in [2.45, 2.75) is 31.6 Å². The standard InChI is InChI=1S/C27H22BrN3O.BrH/c28-23-8-4-7-19-20-10-11-21-22-13-18(32-14-17-5-2-1-3-6-17)9-12-24(22)30-15-29-16-31(25(19)23)27(20)26(21)30;/h1-8,10-12,16,18,26H,9,13-15H2;1H. The summed E-state index contributed by atoms with van der Waals surface area (Å²) in [6.07, 6.45) is 11.3. The SMILES string of the molecule is Brc1cccc2c1[NH+]1C=NCN3C4=CCC(OCc5ccccc5)CC4=C4C=CC2=C1C43.[Br-]. The molecule has 0 bridgehead atoms. The van der Waals surface area contributed by atoms with Gasteiger partial charge in [0.2, 0.25) is 0 Å². The molecule has 2 aromatic rings. The molecule has 7 rings (SSSR count). The Morgan fingerprint density at radius 2 is 1.97 bits per heavy atom. The number of quaternary nitrogens is 1. The van der Waals surface area contributed by atoms with Crippen LogP contribution in [0, 0.1) is 0 Å². The van der Waals surface area contributed by atoms with Gasteiger partial charge in [0.25, 0.3) is 0 Å². The zero-order valence-corrected chi connectivity index (χ0v) is 21.1. The summed E-state index contributed by atoms with van der Waals surface area (Å²) < 4.78 is 7.48. The van der Waals surface area contributed by atoms with Crippen LogP contribution in [0.3, 0.4) is 0 Å². The predicted molar refractivity (Wildman–Crippen MR) is 129 cm³/mol. The van der Waals surface area contributed by atoms with Crippen LogP contribution < -0.4 is 21.9 Å². The van der Waals surface area contributed by atoms with Crippen molar-refractivity contribution in [3.63, 3.8) is 0 Å². The number of hydrogen-bond donors (Lipinski definition) is 1. The van der Waals surface area contributed by atoms with Crippen molar-refractivity contribution in [1.82, 2.24) is 4.90 Å². The van der Waals surface area contributed by atoms with Crippen LogP contribution in [0.25, 0.3) is 5.57 Å². The van der Waals surface area contributed by atoms with Gasteiger partial charge < -0.3 is 26.6 Å². The Hall–Kier alpha value is -2.25. The number of rotatable bonds is 3. The molecule has 4 nitrogen and oxygen atoms in total. The maximum atomic E-state index is 6.34. The lowest BCUT2D eigenvalue weighted by molar-refractivity contribution is -0.675. The van der Waals surface area contributed by atoms with Crippen LogP contribution in [0.2, 0.25) is 0 Å². The van der Waals surface area contributed by atoms with Gasteiger partial charge in [-0.15, -0.1) is 0 Å². The third-order valence-electron chi connectivity index (χ3n) is 7.22. The van der Waals surface area contributed by atoms with Crippen molar-refractivity contribution < 1.29 is 26.6 Å². The molecule has 3 heterocycles. The summed E-state index contributed by atoms with van der Waals surface area (Å²) in [6.45, 7) is 1.37. The van der Waals surface area contributed by atoms with E-state index >= 15 is 0 Å². The van der Waals surface area contributed by atoms with Crippen LogP contribution in [0.15, 0.2) is 98.8 Å². The van der Waals surface area contributed by atoms with E-state index in [1.165, 1.54) is 49.8 Å². The average Bonchev–Trinajstić information content (AvgIpc) is 3.24. The number of para-hydroxylation sites is 1. The van der Waals surface area contributed by atoms with Gasteiger partial charge in [-0.2, -0.15) is 0 Å². The summed E-state index contributed by atoms with van der Waals surface area (Å²) in [4.78, 5) is 8.63. The maximum Gasteiger partial charge on any atom is 0.195 e. The van der Waals surface area contributed by atoms with Crippen LogP contribution in [0.4, 0.5) is 5.69 Å². The summed E-state index contributed by atoms with van der Waals surface area (Å²) in [7, 11) is 0. The van der Waals surface area contributed by atoms with E-state index in [0.29, 0.717) is 13.3 Å². The van der Waals surface area contributed by atoms with Gasteiger partial charge in [0.15, 0.2) is 17.7 Å². The van der Waals surface area contributed by atoms with E-state index in [1.54, 1.807) is 0 Å².